The van der Waals surface area contributed by atoms with Crippen molar-refractivity contribution in [2.45, 2.75) is 18.5 Å². The molecule has 0 aliphatic rings. The third kappa shape index (κ3) is 2.30. The smallest absolute Gasteiger partial charge is 0.260 e. The Labute approximate surface area is 123 Å². The van der Waals surface area contributed by atoms with Crippen LogP contribution in [0.5, 0.6) is 0 Å². The van der Waals surface area contributed by atoms with Crippen LogP contribution in [0.1, 0.15) is 9.88 Å². The summed E-state index contributed by atoms with van der Waals surface area (Å²) < 4.78 is 28.7. The minimum atomic E-state index is -3.72. The van der Waals surface area contributed by atoms with Crippen molar-refractivity contribution in [1.29, 1.82) is 0 Å². The summed E-state index contributed by atoms with van der Waals surface area (Å²) in [6, 6.07) is 0. The summed E-state index contributed by atoms with van der Waals surface area (Å²) in [5.74, 6) is 0.00448. The van der Waals surface area contributed by atoms with Crippen LogP contribution < -0.4 is 10.5 Å². The molecule has 3 aromatic heterocycles. The highest BCUT2D eigenvalue weighted by molar-refractivity contribution is 7.89. The molecule has 3 N–H and O–H groups in total. The molecule has 0 saturated carbocycles. The highest BCUT2D eigenvalue weighted by Crippen LogP contribution is 2.23. The Bertz CT molecular complexity index is 861. The zero-order valence-electron chi connectivity index (χ0n) is 10.4. The van der Waals surface area contributed by atoms with Gasteiger partial charge < -0.3 is 5.73 Å². The van der Waals surface area contributed by atoms with E-state index in [0.29, 0.717) is 4.96 Å². The van der Waals surface area contributed by atoms with Crippen LogP contribution in [0.2, 0.25) is 0 Å². The molecule has 0 spiro atoms. The summed E-state index contributed by atoms with van der Waals surface area (Å²) in [5, 5.41) is 2.63. The van der Waals surface area contributed by atoms with Crippen LogP contribution in [0.25, 0.3) is 4.96 Å². The highest BCUT2D eigenvalue weighted by atomic mass is 32.2. The van der Waals surface area contributed by atoms with Crippen molar-refractivity contribution in [3.63, 3.8) is 0 Å². The topological polar surface area (TPSA) is 102 Å². The van der Waals surface area contributed by atoms with Crippen LogP contribution in [0, 0.1) is 6.92 Å². The first-order valence-corrected chi connectivity index (χ1v) is 8.77. The van der Waals surface area contributed by atoms with Crippen molar-refractivity contribution in [1.82, 2.24) is 19.1 Å². The van der Waals surface area contributed by atoms with Crippen molar-refractivity contribution < 1.29 is 8.42 Å². The summed E-state index contributed by atoms with van der Waals surface area (Å²) in [6.45, 7) is 2.05. The molecule has 0 saturated heterocycles. The van der Waals surface area contributed by atoms with Gasteiger partial charge >= 0.3 is 0 Å². The van der Waals surface area contributed by atoms with Gasteiger partial charge in [0.25, 0.3) is 10.0 Å². The fourth-order valence-corrected chi connectivity index (χ4v) is 4.58. The Hall–Kier alpha value is -1.49. The lowest BCUT2D eigenvalue weighted by Gasteiger charge is -2.04. The second-order valence-corrected chi connectivity index (χ2v) is 7.90. The number of fused-ring (bicyclic) bond motifs is 1. The van der Waals surface area contributed by atoms with Gasteiger partial charge in [0.05, 0.1) is 5.01 Å². The third-order valence-electron chi connectivity index (χ3n) is 2.60. The highest BCUT2D eigenvalue weighted by Gasteiger charge is 2.24. The number of imidazole rings is 1. The van der Waals surface area contributed by atoms with Crippen LogP contribution in [0.15, 0.2) is 22.8 Å². The molecule has 0 amide bonds. The van der Waals surface area contributed by atoms with E-state index in [2.05, 4.69) is 14.7 Å². The number of aromatic nitrogens is 3. The number of thiazole rings is 2. The molecule has 0 radical (unpaired) electrons. The standard InChI is InChI=1S/C10H11N5O2S3/c1-6-12-4-7(19-6)5-13-20(16,17)9-8(11)14-10-15(9)2-3-18-10/h2-4,13H,5,11H2,1H3. The summed E-state index contributed by atoms with van der Waals surface area (Å²) in [5.41, 5.74) is 5.70. The number of nitrogen functional groups attached to an aromatic ring is 1. The van der Waals surface area contributed by atoms with Crippen LogP contribution in [0.3, 0.4) is 0 Å². The first-order valence-electron chi connectivity index (χ1n) is 5.59. The van der Waals surface area contributed by atoms with Crippen molar-refractivity contribution in [2.24, 2.45) is 0 Å². The lowest BCUT2D eigenvalue weighted by atomic mass is 10.6. The first kappa shape index (κ1) is 13.5. The zero-order chi connectivity index (χ0) is 14.3. The molecule has 10 heteroatoms. The Morgan fingerprint density at radius 2 is 2.30 bits per heavy atom. The van der Waals surface area contributed by atoms with Gasteiger partial charge in [0.15, 0.2) is 15.8 Å². The third-order valence-corrected chi connectivity index (χ3v) is 5.71. The quantitative estimate of drug-likeness (QED) is 0.749. The average molecular weight is 329 g/mol. The molecule has 3 aromatic rings. The summed E-state index contributed by atoms with van der Waals surface area (Å²) in [6.07, 6.45) is 3.29. The van der Waals surface area contributed by atoms with Crippen molar-refractivity contribution in [3.05, 3.63) is 27.7 Å². The molecule has 3 rings (SSSR count). The van der Waals surface area contributed by atoms with Crippen LogP contribution in [0.4, 0.5) is 5.82 Å². The van der Waals surface area contributed by atoms with E-state index >= 15 is 0 Å². The molecular weight excluding hydrogens is 318 g/mol. The van der Waals surface area contributed by atoms with E-state index in [4.69, 9.17) is 5.73 Å². The molecule has 106 valence electrons. The van der Waals surface area contributed by atoms with Crippen LogP contribution in [-0.2, 0) is 16.6 Å². The van der Waals surface area contributed by atoms with Gasteiger partial charge in [-0.1, -0.05) is 0 Å². The predicted octanol–water partition coefficient (Wildman–Crippen LogP) is 1.22. The van der Waals surface area contributed by atoms with Crippen molar-refractivity contribution >= 4 is 43.5 Å². The van der Waals surface area contributed by atoms with E-state index < -0.39 is 10.0 Å². The molecule has 0 aromatic carbocycles. The maximum absolute atomic E-state index is 12.3. The second-order valence-electron chi connectivity index (χ2n) is 4.03. The van der Waals surface area contributed by atoms with E-state index in [0.717, 1.165) is 9.88 Å². The molecule has 0 aliphatic carbocycles. The minimum absolute atomic E-state index is 0.00448. The fraction of sp³-hybridized carbons (Fsp3) is 0.200. The van der Waals surface area contributed by atoms with Gasteiger partial charge in [0.2, 0.25) is 0 Å². The number of nitrogens with zero attached hydrogens (tertiary/aromatic N) is 3. The Balaban J connectivity index is 1.91. The number of hydrogen-bond donors (Lipinski definition) is 2. The molecule has 0 atom stereocenters. The molecule has 3 heterocycles. The Morgan fingerprint density at radius 3 is 3.00 bits per heavy atom. The van der Waals surface area contributed by atoms with Gasteiger partial charge in [-0.2, -0.15) is 0 Å². The van der Waals surface area contributed by atoms with Gasteiger partial charge in [-0.3, -0.25) is 4.40 Å². The van der Waals surface area contributed by atoms with Crippen molar-refractivity contribution in [3.8, 4) is 0 Å². The number of hydrogen-bond acceptors (Lipinski definition) is 7. The van der Waals surface area contributed by atoms with Crippen LogP contribution in [-0.4, -0.2) is 22.8 Å². The SMILES string of the molecule is Cc1ncc(CNS(=O)(=O)c2c(N)nc3sccn23)s1. The first-order chi connectivity index (χ1) is 9.47. The molecule has 0 unspecified atom stereocenters. The van der Waals surface area contributed by atoms with E-state index in [-0.39, 0.29) is 17.4 Å². The fourth-order valence-electron chi connectivity index (χ4n) is 1.77. The summed E-state index contributed by atoms with van der Waals surface area (Å²) in [7, 11) is -3.72. The van der Waals surface area contributed by atoms with Gasteiger partial charge in [-0.15, -0.1) is 22.7 Å². The number of anilines is 1. The number of nitrogens with one attached hydrogen (secondary N) is 1. The van der Waals surface area contributed by atoms with E-state index in [9.17, 15) is 8.42 Å². The molecule has 0 aliphatic heterocycles. The normalized spacial score (nSPS) is 12.2. The summed E-state index contributed by atoms with van der Waals surface area (Å²) in [4.78, 5) is 9.51. The zero-order valence-corrected chi connectivity index (χ0v) is 12.8. The minimum Gasteiger partial charge on any atom is -0.381 e. The predicted molar refractivity (Wildman–Crippen MR) is 78.4 cm³/mol. The lowest BCUT2D eigenvalue weighted by Crippen LogP contribution is -2.24. The van der Waals surface area contributed by atoms with Gasteiger partial charge in [0.1, 0.15) is 0 Å². The number of nitrogens with two attached hydrogens (primary N) is 1. The maximum atomic E-state index is 12.3. The molecule has 7 nitrogen and oxygen atoms in total. The van der Waals surface area contributed by atoms with Crippen LogP contribution >= 0.6 is 22.7 Å². The molecule has 0 bridgehead atoms. The summed E-state index contributed by atoms with van der Waals surface area (Å²) >= 11 is 2.77. The Kier molecular flexibility index (Phi) is 3.24. The number of sulfonamides is 1. The Morgan fingerprint density at radius 1 is 1.50 bits per heavy atom. The van der Waals surface area contributed by atoms with Gasteiger partial charge in [-0.25, -0.2) is 23.1 Å². The molecule has 20 heavy (non-hydrogen) atoms. The lowest BCUT2D eigenvalue weighted by molar-refractivity contribution is 0.577. The van der Waals surface area contributed by atoms with E-state index in [1.165, 1.54) is 27.1 Å². The van der Waals surface area contributed by atoms with E-state index in [1.807, 2.05) is 6.92 Å². The van der Waals surface area contributed by atoms with Gasteiger partial charge in [-0.05, 0) is 6.92 Å². The molecular formula is C10H11N5O2S3. The van der Waals surface area contributed by atoms with Gasteiger partial charge in [0, 0.05) is 29.2 Å². The number of rotatable bonds is 4. The second kappa shape index (κ2) is 4.81. The van der Waals surface area contributed by atoms with Crippen molar-refractivity contribution in [2.75, 3.05) is 5.73 Å². The van der Waals surface area contributed by atoms with E-state index in [1.54, 1.807) is 17.8 Å². The average Bonchev–Trinajstić information content (AvgIpc) is 3.02. The monoisotopic (exact) mass is 329 g/mol. The molecule has 0 fully saturated rings. The number of aryl methyl sites for hydroxylation is 1. The maximum Gasteiger partial charge on any atom is 0.260 e. The largest absolute Gasteiger partial charge is 0.381 e.